The quantitative estimate of drug-likeness (QED) is 0.785. The Balaban J connectivity index is 1.96. The van der Waals surface area contributed by atoms with Crippen molar-refractivity contribution < 1.29 is 0 Å². The fourth-order valence-electron chi connectivity index (χ4n) is 1.89. The monoisotopic (exact) mass is 214 g/mol. The maximum Gasteiger partial charge on any atom is 0.0362 e. The van der Waals surface area contributed by atoms with Gasteiger partial charge in [0, 0.05) is 24.5 Å². The first-order chi connectivity index (χ1) is 7.90. The Bertz CT molecular complexity index is 392. The molecule has 0 bridgehead atoms. The molecule has 0 saturated carbocycles. The van der Waals surface area contributed by atoms with Crippen molar-refractivity contribution >= 4 is 0 Å². The van der Waals surface area contributed by atoms with E-state index in [4.69, 9.17) is 0 Å². The third-order valence-electron chi connectivity index (χ3n) is 2.81. The van der Waals surface area contributed by atoms with E-state index in [9.17, 15) is 0 Å². The van der Waals surface area contributed by atoms with Crippen molar-refractivity contribution in [1.29, 1.82) is 0 Å². The van der Waals surface area contributed by atoms with Crippen LogP contribution in [-0.4, -0.2) is 4.98 Å². The van der Waals surface area contributed by atoms with E-state index in [1.165, 1.54) is 11.3 Å². The van der Waals surface area contributed by atoms with Gasteiger partial charge in [-0.05, 0) is 24.1 Å². The third kappa shape index (κ3) is 2.74. The minimum atomic E-state index is 0.435. The van der Waals surface area contributed by atoms with Crippen LogP contribution < -0.4 is 5.32 Å². The zero-order valence-corrected chi connectivity index (χ0v) is 9.61. The molecule has 84 valence electrons. The van der Waals surface area contributed by atoms with Crippen LogP contribution in [0, 0.1) is 0 Å². The fraction of sp³-hybridized carbons (Fsp3) is 0.286. The van der Waals surface area contributed by atoms with Crippen molar-refractivity contribution in [3.63, 3.8) is 0 Å². The summed E-state index contributed by atoms with van der Waals surface area (Å²) in [4.78, 5) is 3.21. The summed E-state index contributed by atoms with van der Waals surface area (Å²) < 4.78 is 0. The molecule has 1 unspecified atom stereocenters. The summed E-state index contributed by atoms with van der Waals surface area (Å²) in [6.07, 6.45) is 3.06. The lowest BCUT2D eigenvalue weighted by atomic mass is 10.0. The predicted octanol–water partition coefficient (Wildman–Crippen LogP) is 3.26. The van der Waals surface area contributed by atoms with Crippen molar-refractivity contribution in [2.75, 3.05) is 0 Å². The standard InChI is InChI=1S/C14H18N2/c1-2-14(12-7-4-3-5-8-12)16-11-13-9-6-10-15-13/h3-10,14-16H,2,11H2,1H3. The highest BCUT2D eigenvalue weighted by molar-refractivity contribution is 5.19. The first-order valence-corrected chi connectivity index (χ1v) is 5.80. The van der Waals surface area contributed by atoms with Gasteiger partial charge in [-0.3, -0.25) is 0 Å². The van der Waals surface area contributed by atoms with Crippen LogP contribution >= 0.6 is 0 Å². The highest BCUT2D eigenvalue weighted by atomic mass is 14.9. The molecule has 0 aliphatic heterocycles. The van der Waals surface area contributed by atoms with E-state index < -0.39 is 0 Å². The van der Waals surface area contributed by atoms with Crippen LogP contribution in [0.15, 0.2) is 48.7 Å². The van der Waals surface area contributed by atoms with Crippen molar-refractivity contribution in [1.82, 2.24) is 10.3 Å². The van der Waals surface area contributed by atoms with Gasteiger partial charge in [0.2, 0.25) is 0 Å². The Kier molecular flexibility index (Phi) is 3.78. The molecule has 0 aliphatic carbocycles. The van der Waals surface area contributed by atoms with Gasteiger partial charge >= 0.3 is 0 Å². The molecule has 16 heavy (non-hydrogen) atoms. The summed E-state index contributed by atoms with van der Waals surface area (Å²) >= 11 is 0. The second-order valence-electron chi connectivity index (χ2n) is 3.95. The SMILES string of the molecule is CCC(NCc1ccc[nH]1)c1ccccc1. The van der Waals surface area contributed by atoms with Gasteiger partial charge in [0.15, 0.2) is 0 Å². The Morgan fingerprint density at radius 2 is 1.94 bits per heavy atom. The highest BCUT2D eigenvalue weighted by Gasteiger charge is 2.07. The van der Waals surface area contributed by atoms with Crippen molar-refractivity contribution in [3.8, 4) is 0 Å². The number of hydrogen-bond donors (Lipinski definition) is 2. The number of nitrogens with one attached hydrogen (secondary N) is 2. The summed E-state index contributed by atoms with van der Waals surface area (Å²) in [7, 11) is 0. The topological polar surface area (TPSA) is 27.8 Å². The number of aromatic nitrogens is 1. The lowest BCUT2D eigenvalue weighted by Gasteiger charge is -2.16. The van der Waals surface area contributed by atoms with Crippen LogP contribution in [0.3, 0.4) is 0 Å². The van der Waals surface area contributed by atoms with Gasteiger partial charge in [-0.1, -0.05) is 37.3 Å². The average molecular weight is 214 g/mol. The molecule has 0 spiro atoms. The van der Waals surface area contributed by atoms with E-state index in [2.05, 4.69) is 53.6 Å². The van der Waals surface area contributed by atoms with Gasteiger partial charge < -0.3 is 10.3 Å². The maximum atomic E-state index is 3.56. The molecule has 0 radical (unpaired) electrons. The molecule has 1 aromatic carbocycles. The van der Waals surface area contributed by atoms with Crippen molar-refractivity contribution in [3.05, 3.63) is 59.9 Å². The molecule has 2 rings (SSSR count). The Labute approximate surface area is 96.7 Å². The molecule has 0 fully saturated rings. The largest absolute Gasteiger partial charge is 0.364 e. The van der Waals surface area contributed by atoms with Gasteiger partial charge in [0.25, 0.3) is 0 Å². The van der Waals surface area contributed by atoms with Crippen LogP contribution in [-0.2, 0) is 6.54 Å². The second kappa shape index (κ2) is 5.52. The van der Waals surface area contributed by atoms with Crippen molar-refractivity contribution in [2.24, 2.45) is 0 Å². The zero-order valence-electron chi connectivity index (χ0n) is 9.61. The smallest absolute Gasteiger partial charge is 0.0362 e. The minimum Gasteiger partial charge on any atom is -0.364 e. The first kappa shape index (κ1) is 11.0. The Hall–Kier alpha value is -1.54. The van der Waals surface area contributed by atoms with Crippen LogP contribution in [0.2, 0.25) is 0 Å². The number of rotatable bonds is 5. The number of H-pyrrole nitrogens is 1. The molecule has 0 saturated heterocycles. The molecule has 2 aromatic rings. The molecule has 2 N–H and O–H groups in total. The van der Waals surface area contributed by atoms with E-state index in [-0.39, 0.29) is 0 Å². The van der Waals surface area contributed by atoms with Gasteiger partial charge in [0.1, 0.15) is 0 Å². The maximum absolute atomic E-state index is 3.56. The number of hydrogen-bond acceptors (Lipinski definition) is 1. The summed E-state index contributed by atoms with van der Waals surface area (Å²) in [6.45, 7) is 3.10. The Morgan fingerprint density at radius 3 is 2.56 bits per heavy atom. The van der Waals surface area contributed by atoms with Gasteiger partial charge in [-0.2, -0.15) is 0 Å². The highest BCUT2D eigenvalue weighted by Crippen LogP contribution is 2.16. The molecule has 1 heterocycles. The summed E-state index contributed by atoms with van der Waals surface area (Å²) in [5.41, 5.74) is 2.59. The van der Waals surface area contributed by atoms with Gasteiger partial charge in [-0.15, -0.1) is 0 Å². The molecule has 1 aromatic heterocycles. The Morgan fingerprint density at radius 1 is 1.12 bits per heavy atom. The molecular formula is C14H18N2. The molecule has 2 nitrogen and oxygen atoms in total. The molecule has 0 amide bonds. The van der Waals surface area contributed by atoms with E-state index in [1.807, 2.05) is 12.3 Å². The number of aromatic amines is 1. The zero-order chi connectivity index (χ0) is 11.2. The summed E-state index contributed by atoms with van der Waals surface area (Å²) in [5, 5.41) is 3.56. The molecule has 1 atom stereocenters. The van der Waals surface area contributed by atoms with Gasteiger partial charge in [-0.25, -0.2) is 0 Å². The lowest BCUT2D eigenvalue weighted by Crippen LogP contribution is -2.20. The lowest BCUT2D eigenvalue weighted by molar-refractivity contribution is 0.515. The second-order valence-corrected chi connectivity index (χ2v) is 3.95. The minimum absolute atomic E-state index is 0.435. The third-order valence-corrected chi connectivity index (χ3v) is 2.81. The molecule has 0 aliphatic rings. The molecular weight excluding hydrogens is 196 g/mol. The predicted molar refractivity (Wildman–Crippen MR) is 67.1 cm³/mol. The van der Waals surface area contributed by atoms with Crippen LogP contribution in [0.4, 0.5) is 0 Å². The van der Waals surface area contributed by atoms with Gasteiger partial charge in [0.05, 0.1) is 0 Å². The van der Waals surface area contributed by atoms with Crippen LogP contribution in [0.1, 0.15) is 30.6 Å². The summed E-state index contributed by atoms with van der Waals surface area (Å²) in [5.74, 6) is 0. The summed E-state index contributed by atoms with van der Waals surface area (Å²) in [6, 6.07) is 15.2. The van der Waals surface area contributed by atoms with Crippen LogP contribution in [0.25, 0.3) is 0 Å². The molecule has 2 heteroatoms. The van der Waals surface area contributed by atoms with E-state index >= 15 is 0 Å². The van der Waals surface area contributed by atoms with Crippen molar-refractivity contribution in [2.45, 2.75) is 25.9 Å². The normalized spacial score (nSPS) is 12.6. The van der Waals surface area contributed by atoms with Crippen LogP contribution in [0.5, 0.6) is 0 Å². The first-order valence-electron chi connectivity index (χ1n) is 5.80. The van der Waals surface area contributed by atoms with E-state index in [1.54, 1.807) is 0 Å². The number of benzene rings is 1. The average Bonchev–Trinajstić information content (AvgIpc) is 2.84. The van der Waals surface area contributed by atoms with E-state index in [0.29, 0.717) is 6.04 Å². The fourth-order valence-corrected chi connectivity index (χ4v) is 1.89. The van der Waals surface area contributed by atoms with E-state index in [0.717, 1.165) is 13.0 Å².